The summed E-state index contributed by atoms with van der Waals surface area (Å²) in [7, 11) is 0. The molecule has 0 aliphatic rings. The van der Waals surface area contributed by atoms with E-state index >= 15 is 0 Å². The van der Waals surface area contributed by atoms with Crippen LogP contribution in [0.2, 0.25) is 0 Å². The fourth-order valence-corrected chi connectivity index (χ4v) is 1.05. The van der Waals surface area contributed by atoms with Gasteiger partial charge in [-0.15, -0.1) is 12.6 Å². The molecule has 0 aliphatic heterocycles. The van der Waals surface area contributed by atoms with Crippen LogP contribution in [0, 0.1) is 0 Å². The first-order chi connectivity index (χ1) is 5.34. The lowest BCUT2D eigenvalue weighted by Gasteiger charge is -2.05. The normalized spacial score (nSPS) is 9.64. The Morgan fingerprint density at radius 3 is 2.64 bits per heavy atom. The Kier molecular flexibility index (Phi) is 3.66. The third-order valence-electron chi connectivity index (χ3n) is 1.21. The second kappa shape index (κ2) is 4.57. The number of hydrogen-bond donors (Lipinski definition) is 2. The van der Waals surface area contributed by atoms with Crippen molar-refractivity contribution >= 4 is 25.3 Å². The molecule has 0 saturated carbocycles. The highest BCUT2D eigenvalue weighted by atomic mass is 32.1. The molecule has 1 nitrogen and oxygen atoms in total. The van der Waals surface area contributed by atoms with Crippen LogP contribution in [0.5, 0.6) is 5.75 Å². The molecule has 0 aromatic heterocycles. The topological polar surface area (TPSA) is 9.23 Å². The zero-order chi connectivity index (χ0) is 8.10. The van der Waals surface area contributed by atoms with E-state index < -0.39 is 0 Å². The van der Waals surface area contributed by atoms with Gasteiger partial charge >= 0.3 is 0 Å². The van der Waals surface area contributed by atoms with E-state index in [4.69, 9.17) is 4.74 Å². The molecule has 0 N–H and O–H groups in total. The summed E-state index contributed by atoms with van der Waals surface area (Å²) in [6, 6.07) is 7.65. The number of thiol groups is 2. The molecule has 0 aliphatic carbocycles. The van der Waals surface area contributed by atoms with E-state index in [1.165, 1.54) is 0 Å². The van der Waals surface area contributed by atoms with Gasteiger partial charge in [0.2, 0.25) is 0 Å². The lowest BCUT2D eigenvalue weighted by Crippen LogP contribution is -1.98. The largest absolute Gasteiger partial charge is 0.492 e. The van der Waals surface area contributed by atoms with Crippen molar-refractivity contribution in [2.75, 3.05) is 12.4 Å². The SMILES string of the molecule is SCCOc1ccccc1S. The Balaban J connectivity index is 2.62. The molecular formula is C8H10OS2. The van der Waals surface area contributed by atoms with E-state index in [2.05, 4.69) is 25.3 Å². The number of ether oxygens (including phenoxy) is 1. The van der Waals surface area contributed by atoms with Crippen LogP contribution < -0.4 is 4.74 Å². The number of rotatable bonds is 3. The molecule has 1 aromatic carbocycles. The maximum atomic E-state index is 5.33. The molecular weight excluding hydrogens is 176 g/mol. The maximum Gasteiger partial charge on any atom is 0.132 e. The van der Waals surface area contributed by atoms with Crippen LogP contribution >= 0.6 is 25.3 Å². The van der Waals surface area contributed by atoms with E-state index in [0.29, 0.717) is 6.61 Å². The van der Waals surface area contributed by atoms with Gasteiger partial charge in [-0.3, -0.25) is 0 Å². The fourth-order valence-electron chi connectivity index (χ4n) is 0.735. The Labute approximate surface area is 77.6 Å². The summed E-state index contributed by atoms with van der Waals surface area (Å²) in [6.07, 6.45) is 0. The van der Waals surface area contributed by atoms with Gasteiger partial charge in [0.15, 0.2) is 0 Å². The van der Waals surface area contributed by atoms with Gasteiger partial charge in [-0.1, -0.05) is 12.1 Å². The smallest absolute Gasteiger partial charge is 0.132 e. The first-order valence-corrected chi connectivity index (χ1v) is 4.44. The molecule has 0 radical (unpaired) electrons. The van der Waals surface area contributed by atoms with Crippen LogP contribution in [0.3, 0.4) is 0 Å². The minimum absolute atomic E-state index is 0.626. The van der Waals surface area contributed by atoms with Crippen molar-refractivity contribution in [1.82, 2.24) is 0 Å². The molecule has 0 spiro atoms. The standard InChI is InChI=1S/C8H10OS2/c10-6-5-9-7-3-1-2-4-8(7)11/h1-4,10-11H,5-6H2. The van der Waals surface area contributed by atoms with Crippen molar-refractivity contribution < 1.29 is 4.74 Å². The fraction of sp³-hybridized carbons (Fsp3) is 0.250. The highest BCUT2D eigenvalue weighted by Gasteiger charge is 1.95. The molecule has 1 aromatic rings. The summed E-state index contributed by atoms with van der Waals surface area (Å²) >= 11 is 8.26. The van der Waals surface area contributed by atoms with Crippen LogP contribution in [0.4, 0.5) is 0 Å². The average Bonchev–Trinajstić information content (AvgIpc) is 2.03. The third kappa shape index (κ3) is 2.67. The summed E-state index contributed by atoms with van der Waals surface area (Å²) in [6.45, 7) is 0.626. The quantitative estimate of drug-likeness (QED) is 0.689. The summed E-state index contributed by atoms with van der Waals surface area (Å²) in [5.74, 6) is 1.55. The van der Waals surface area contributed by atoms with Crippen LogP contribution in [0.25, 0.3) is 0 Å². The van der Waals surface area contributed by atoms with Gasteiger partial charge in [-0.2, -0.15) is 12.6 Å². The third-order valence-corrected chi connectivity index (χ3v) is 1.77. The van der Waals surface area contributed by atoms with E-state index in [9.17, 15) is 0 Å². The first kappa shape index (κ1) is 8.81. The van der Waals surface area contributed by atoms with Gasteiger partial charge in [0, 0.05) is 10.6 Å². The Hall–Kier alpha value is -0.280. The van der Waals surface area contributed by atoms with Gasteiger partial charge in [0.05, 0.1) is 6.61 Å². The van der Waals surface area contributed by atoms with Crippen molar-refractivity contribution in [3.05, 3.63) is 24.3 Å². The predicted octanol–water partition coefficient (Wildman–Crippen LogP) is 2.28. The minimum Gasteiger partial charge on any atom is -0.492 e. The zero-order valence-electron chi connectivity index (χ0n) is 6.03. The highest BCUT2D eigenvalue weighted by Crippen LogP contribution is 2.20. The molecule has 0 bridgehead atoms. The van der Waals surface area contributed by atoms with Crippen LogP contribution in [0.1, 0.15) is 0 Å². The molecule has 60 valence electrons. The molecule has 0 amide bonds. The van der Waals surface area contributed by atoms with Gasteiger partial charge in [0.25, 0.3) is 0 Å². The van der Waals surface area contributed by atoms with Crippen molar-refractivity contribution in [3.8, 4) is 5.75 Å². The summed E-state index contributed by atoms with van der Waals surface area (Å²) in [5, 5.41) is 0. The zero-order valence-corrected chi connectivity index (χ0v) is 7.82. The Morgan fingerprint density at radius 1 is 1.27 bits per heavy atom. The van der Waals surface area contributed by atoms with Crippen LogP contribution in [-0.4, -0.2) is 12.4 Å². The summed E-state index contributed by atoms with van der Waals surface area (Å²) in [5.41, 5.74) is 0. The second-order valence-corrected chi connectivity index (χ2v) is 2.97. The monoisotopic (exact) mass is 186 g/mol. The van der Waals surface area contributed by atoms with Gasteiger partial charge in [-0.05, 0) is 12.1 Å². The molecule has 0 unspecified atom stereocenters. The molecule has 11 heavy (non-hydrogen) atoms. The number of hydrogen-bond acceptors (Lipinski definition) is 3. The van der Waals surface area contributed by atoms with Gasteiger partial charge < -0.3 is 4.74 Å². The van der Waals surface area contributed by atoms with Crippen molar-refractivity contribution in [1.29, 1.82) is 0 Å². The lowest BCUT2D eigenvalue weighted by molar-refractivity contribution is 0.336. The maximum absolute atomic E-state index is 5.33. The highest BCUT2D eigenvalue weighted by molar-refractivity contribution is 7.80. The molecule has 3 heteroatoms. The van der Waals surface area contributed by atoms with Gasteiger partial charge in [0.1, 0.15) is 5.75 Å². The average molecular weight is 186 g/mol. The van der Waals surface area contributed by atoms with Gasteiger partial charge in [-0.25, -0.2) is 0 Å². The Bertz CT molecular complexity index is 225. The molecule has 0 saturated heterocycles. The van der Waals surface area contributed by atoms with Crippen LogP contribution in [-0.2, 0) is 0 Å². The van der Waals surface area contributed by atoms with E-state index in [1.54, 1.807) is 0 Å². The van der Waals surface area contributed by atoms with E-state index in [1.807, 2.05) is 24.3 Å². The first-order valence-electron chi connectivity index (χ1n) is 3.36. The van der Waals surface area contributed by atoms with Crippen molar-refractivity contribution in [2.24, 2.45) is 0 Å². The molecule has 0 atom stereocenters. The number of para-hydroxylation sites is 1. The minimum atomic E-state index is 0.626. The van der Waals surface area contributed by atoms with E-state index in [-0.39, 0.29) is 0 Å². The van der Waals surface area contributed by atoms with Crippen LogP contribution in [0.15, 0.2) is 29.2 Å². The van der Waals surface area contributed by atoms with E-state index in [0.717, 1.165) is 16.4 Å². The second-order valence-electron chi connectivity index (χ2n) is 2.04. The van der Waals surface area contributed by atoms with Crippen molar-refractivity contribution in [2.45, 2.75) is 4.90 Å². The van der Waals surface area contributed by atoms with Crippen molar-refractivity contribution in [3.63, 3.8) is 0 Å². The Morgan fingerprint density at radius 2 is 2.00 bits per heavy atom. The summed E-state index contributed by atoms with van der Waals surface area (Å²) in [4.78, 5) is 0.870. The number of benzene rings is 1. The lowest BCUT2D eigenvalue weighted by atomic mass is 10.3. The predicted molar refractivity (Wildman–Crippen MR) is 53.0 cm³/mol. The molecule has 1 rings (SSSR count). The molecule has 0 fully saturated rings. The summed E-state index contributed by atoms with van der Waals surface area (Å²) < 4.78 is 5.33. The molecule has 0 heterocycles.